The van der Waals surface area contributed by atoms with Crippen LogP contribution in [0.5, 0.6) is 11.6 Å². The van der Waals surface area contributed by atoms with E-state index in [0.717, 1.165) is 3.57 Å². The SMILES string of the molecule is Fc1cc(Oc2ncncc2I)ccc1Cl. The van der Waals surface area contributed by atoms with Crippen LogP contribution in [-0.4, -0.2) is 9.97 Å². The zero-order valence-electron chi connectivity index (χ0n) is 7.82. The fourth-order valence-electron chi connectivity index (χ4n) is 1.03. The minimum absolute atomic E-state index is 0.0599. The van der Waals surface area contributed by atoms with Crippen molar-refractivity contribution < 1.29 is 9.13 Å². The van der Waals surface area contributed by atoms with E-state index >= 15 is 0 Å². The van der Waals surface area contributed by atoms with Crippen molar-refractivity contribution in [2.45, 2.75) is 0 Å². The summed E-state index contributed by atoms with van der Waals surface area (Å²) in [5.41, 5.74) is 0. The molecule has 0 saturated heterocycles. The lowest BCUT2D eigenvalue weighted by Gasteiger charge is -2.05. The van der Waals surface area contributed by atoms with E-state index in [-0.39, 0.29) is 5.02 Å². The molecule has 1 heterocycles. The molecule has 0 spiro atoms. The molecule has 3 nitrogen and oxygen atoms in total. The Kier molecular flexibility index (Phi) is 3.55. The average Bonchev–Trinajstić information content (AvgIpc) is 2.27. The molecule has 2 rings (SSSR count). The summed E-state index contributed by atoms with van der Waals surface area (Å²) in [5, 5.41) is 0.0599. The number of ether oxygens (including phenoxy) is 1. The first-order chi connectivity index (χ1) is 7.66. The Morgan fingerprint density at radius 2 is 2.19 bits per heavy atom. The molecule has 16 heavy (non-hydrogen) atoms. The minimum Gasteiger partial charge on any atom is -0.438 e. The molecule has 0 saturated carbocycles. The van der Waals surface area contributed by atoms with Gasteiger partial charge in [-0.1, -0.05) is 11.6 Å². The fraction of sp³-hybridized carbons (Fsp3) is 0. The molecule has 0 aliphatic heterocycles. The normalized spacial score (nSPS) is 10.2. The zero-order valence-corrected chi connectivity index (χ0v) is 10.7. The Hall–Kier alpha value is -0.950. The van der Waals surface area contributed by atoms with Crippen LogP contribution in [0.25, 0.3) is 0 Å². The van der Waals surface area contributed by atoms with Crippen molar-refractivity contribution in [3.8, 4) is 11.6 Å². The second kappa shape index (κ2) is 4.92. The summed E-state index contributed by atoms with van der Waals surface area (Å²) in [5.74, 6) is 0.207. The maximum absolute atomic E-state index is 13.1. The number of aromatic nitrogens is 2. The Balaban J connectivity index is 2.28. The van der Waals surface area contributed by atoms with Crippen LogP contribution in [0.2, 0.25) is 5.02 Å². The Labute approximate surface area is 110 Å². The summed E-state index contributed by atoms with van der Waals surface area (Å²) in [6, 6.07) is 4.21. The molecule has 0 atom stereocenters. The molecule has 0 aliphatic rings. The van der Waals surface area contributed by atoms with Gasteiger partial charge in [0.05, 0.1) is 8.59 Å². The highest BCUT2D eigenvalue weighted by Gasteiger charge is 2.06. The number of hydrogen-bond acceptors (Lipinski definition) is 3. The molecule has 0 bridgehead atoms. The van der Waals surface area contributed by atoms with Crippen LogP contribution in [0.3, 0.4) is 0 Å². The average molecular weight is 351 g/mol. The lowest BCUT2D eigenvalue weighted by atomic mass is 10.3. The number of rotatable bonds is 2. The molecule has 2 aromatic rings. The van der Waals surface area contributed by atoms with Gasteiger partial charge in [-0.05, 0) is 34.7 Å². The van der Waals surface area contributed by atoms with Crippen LogP contribution < -0.4 is 4.74 Å². The molecule has 0 N–H and O–H groups in total. The van der Waals surface area contributed by atoms with Gasteiger partial charge in [-0.2, -0.15) is 0 Å². The number of nitrogens with zero attached hydrogens (tertiary/aromatic N) is 2. The lowest BCUT2D eigenvalue weighted by Crippen LogP contribution is -1.92. The Morgan fingerprint density at radius 3 is 2.88 bits per heavy atom. The van der Waals surface area contributed by atoms with Crippen molar-refractivity contribution in [2.24, 2.45) is 0 Å². The van der Waals surface area contributed by atoms with Gasteiger partial charge < -0.3 is 4.74 Å². The van der Waals surface area contributed by atoms with Crippen LogP contribution in [0.1, 0.15) is 0 Å². The minimum atomic E-state index is -0.525. The van der Waals surface area contributed by atoms with Gasteiger partial charge in [0.1, 0.15) is 17.9 Å². The molecule has 0 unspecified atom stereocenters. The van der Waals surface area contributed by atoms with Gasteiger partial charge in [-0.3, -0.25) is 0 Å². The quantitative estimate of drug-likeness (QED) is 0.775. The third kappa shape index (κ3) is 2.59. The van der Waals surface area contributed by atoms with Gasteiger partial charge in [0, 0.05) is 12.3 Å². The Bertz CT molecular complexity index is 524. The van der Waals surface area contributed by atoms with Crippen LogP contribution in [0.15, 0.2) is 30.7 Å². The van der Waals surface area contributed by atoms with Crippen LogP contribution in [-0.2, 0) is 0 Å². The van der Waals surface area contributed by atoms with Gasteiger partial charge >= 0.3 is 0 Å². The maximum atomic E-state index is 13.1. The first kappa shape index (κ1) is 11.5. The largest absolute Gasteiger partial charge is 0.438 e. The summed E-state index contributed by atoms with van der Waals surface area (Å²) in [6.07, 6.45) is 2.97. The first-order valence-electron chi connectivity index (χ1n) is 4.25. The van der Waals surface area contributed by atoms with E-state index in [2.05, 4.69) is 9.97 Å². The smallest absolute Gasteiger partial charge is 0.235 e. The summed E-state index contributed by atoms with van der Waals surface area (Å²) < 4.78 is 19.3. The van der Waals surface area contributed by atoms with Gasteiger partial charge in [0.2, 0.25) is 5.88 Å². The van der Waals surface area contributed by atoms with Crippen molar-refractivity contribution in [2.75, 3.05) is 0 Å². The molecule has 0 amide bonds. The summed E-state index contributed by atoms with van der Waals surface area (Å²) in [6.45, 7) is 0. The van der Waals surface area contributed by atoms with E-state index in [1.54, 1.807) is 12.3 Å². The third-order valence-electron chi connectivity index (χ3n) is 1.74. The molecule has 0 fully saturated rings. The summed E-state index contributed by atoms with van der Waals surface area (Å²) in [7, 11) is 0. The molecule has 1 aromatic heterocycles. The third-order valence-corrected chi connectivity index (χ3v) is 2.79. The van der Waals surface area contributed by atoms with Crippen molar-refractivity contribution in [3.63, 3.8) is 0 Å². The highest BCUT2D eigenvalue weighted by molar-refractivity contribution is 14.1. The molecule has 6 heteroatoms. The summed E-state index contributed by atoms with van der Waals surface area (Å²) >= 11 is 7.59. The van der Waals surface area contributed by atoms with E-state index in [1.165, 1.54) is 18.5 Å². The predicted octanol–water partition coefficient (Wildman–Crippen LogP) is 3.67. The monoisotopic (exact) mass is 350 g/mol. The molecular formula is C10H5ClFIN2O. The lowest BCUT2D eigenvalue weighted by molar-refractivity contribution is 0.453. The fourth-order valence-corrected chi connectivity index (χ4v) is 1.56. The zero-order chi connectivity index (χ0) is 11.5. The molecule has 0 aliphatic carbocycles. The second-order valence-electron chi connectivity index (χ2n) is 2.85. The maximum Gasteiger partial charge on any atom is 0.235 e. The van der Waals surface area contributed by atoms with Crippen LogP contribution >= 0.6 is 34.2 Å². The molecular weight excluding hydrogens is 345 g/mol. The van der Waals surface area contributed by atoms with Gasteiger partial charge in [-0.25, -0.2) is 14.4 Å². The van der Waals surface area contributed by atoms with Crippen molar-refractivity contribution in [3.05, 3.63) is 45.1 Å². The molecule has 1 aromatic carbocycles. The van der Waals surface area contributed by atoms with E-state index in [0.29, 0.717) is 11.6 Å². The number of benzene rings is 1. The Morgan fingerprint density at radius 1 is 1.38 bits per heavy atom. The summed E-state index contributed by atoms with van der Waals surface area (Å²) in [4.78, 5) is 7.75. The van der Waals surface area contributed by atoms with E-state index in [4.69, 9.17) is 16.3 Å². The van der Waals surface area contributed by atoms with E-state index < -0.39 is 5.82 Å². The number of hydrogen-bond donors (Lipinski definition) is 0. The van der Waals surface area contributed by atoms with E-state index in [9.17, 15) is 4.39 Å². The van der Waals surface area contributed by atoms with E-state index in [1.807, 2.05) is 22.6 Å². The molecule has 82 valence electrons. The second-order valence-corrected chi connectivity index (χ2v) is 4.42. The van der Waals surface area contributed by atoms with Gasteiger partial charge in [0.15, 0.2) is 0 Å². The topological polar surface area (TPSA) is 35.0 Å². The van der Waals surface area contributed by atoms with Crippen LogP contribution in [0.4, 0.5) is 4.39 Å². The highest BCUT2D eigenvalue weighted by Crippen LogP contribution is 2.26. The van der Waals surface area contributed by atoms with Crippen molar-refractivity contribution in [1.82, 2.24) is 9.97 Å². The van der Waals surface area contributed by atoms with Crippen molar-refractivity contribution in [1.29, 1.82) is 0 Å². The predicted molar refractivity (Wildman–Crippen MR) is 66.2 cm³/mol. The standard InChI is InChI=1S/C10H5ClFIN2O/c11-7-2-1-6(3-8(7)12)16-10-9(13)4-14-5-15-10/h1-5H. The first-order valence-corrected chi connectivity index (χ1v) is 5.71. The van der Waals surface area contributed by atoms with Crippen LogP contribution in [0, 0.1) is 9.39 Å². The van der Waals surface area contributed by atoms with Gasteiger partial charge in [0.25, 0.3) is 0 Å². The number of halogens is 3. The highest BCUT2D eigenvalue weighted by atomic mass is 127. The van der Waals surface area contributed by atoms with Gasteiger partial charge in [-0.15, -0.1) is 0 Å². The molecule has 0 radical (unpaired) electrons. The van der Waals surface area contributed by atoms with Crippen molar-refractivity contribution >= 4 is 34.2 Å².